The summed E-state index contributed by atoms with van der Waals surface area (Å²) in [5.74, 6) is 0.372. The molecule has 1 aliphatic rings. The standard InChI is InChI=1S/C21H19F3N6O/c1-29-8-3-9-30(20(31)27-16-4-2-7-25-13-16)19-18(29)6-5-17(28-19)14-10-15(12-26-11-14)21(22,23)24/h2,4-7,10-13H,3,8-9H2,1H3,(H,27,31). The number of amides is 2. The van der Waals surface area contributed by atoms with E-state index in [1.54, 1.807) is 30.5 Å². The molecule has 0 aliphatic carbocycles. The third-order valence-corrected chi connectivity index (χ3v) is 4.92. The van der Waals surface area contributed by atoms with E-state index in [1.165, 1.54) is 17.3 Å². The Morgan fingerprint density at radius 1 is 1.10 bits per heavy atom. The summed E-state index contributed by atoms with van der Waals surface area (Å²) in [6, 6.07) is 7.42. The molecule has 0 saturated carbocycles. The summed E-state index contributed by atoms with van der Waals surface area (Å²) in [7, 11) is 1.88. The Morgan fingerprint density at radius 3 is 2.68 bits per heavy atom. The van der Waals surface area contributed by atoms with Crippen molar-refractivity contribution in [3.05, 3.63) is 60.7 Å². The number of nitrogens with zero attached hydrogens (tertiary/aromatic N) is 5. The summed E-state index contributed by atoms with van der Waals surface area (Å²) in [5.41, 5.74) is 0.904. The first-order chi connectivity index (χ1) is 14.8. The monoisotopic (exact) mass is 428 g/mol. The molecule has 7 nitrogen and oxygen atoms in total. The predicted molar refractivity (Wildman–Crippen MR) is 111 cm³/mol. The van der Waals surface area contributed by atoms with Crippen LogP contribution in [0.1, 0.15) is 12.0 Å². The van der Waals surface area contributed by atoms with E-state index in [2.05, 4.69) is 20.3 Å². The van der Waals surface area contributed by atoms with Gasteiger partial charge in [-0.25, -0.2) is 9.78 Å². The Morgan fingerprint density at radius 2 is 1.94 bits per heavy atom. The highest BCUT2D eigenvalue weighted by atomic mass is 19.4. The molecule has 0 atom stereocenters. The quantitative estimate of drug-likeness (QED) is 0.654. The largest absolute Gasteiger partial charge is 0.417 e. The summed E-state index contributed by atoms with van der Waals surface area (Å²) in [5, 5.41) is 2.79. The molecule has 0 spiro atoms. The Labute approximate surface area is 176 Å². The summed E-state index contributed by atoms with van der Waals surface area (Å²) >= 11 is 0. The third kappa shape index (κ3) is 4.42. The lowest BCUT2D eigenvalue weighted by atomic mass is 10.1. The number of pyridine rings is 3. The smallest absolute Gasteiger partial charge is 0.372 e. The van der Waals surface area contributed by atoms with E-state index >= 15 is 0 Å². The number of nitrogens with one attached hydrogen (secondary N) is 1. The van der Waals surface area contributed by atoms with Gasteiger partial charge in [0.2, 0.25) is 0 Å². The van der Waals surface area contributed by atoms with Crippen molar-refractivity contribution >= 4 is 23.2 Å². The molecule has 0 bridgehead atoms. The van der Waals surface area contributed by atoms with Crippen molar-refractivity contribution in [1.29, 1.82) is 0 Å². The fourth-order valence-electron chi connectivity index (χ4n) is 3.35. The summed E-state index contributed by atoms with van der Waals surface area (Å²) in [6.07, 6.45) is 1.42. The number of urea groups is 1. The first-order valence-electron chi connectivity index (χ1n) is 9.56. The van der Waals surface area contributed by atoms with Crippen LogP contribution in [0.3, 0.4) is 0 Å². The maximum absolute atomic E-state index is 13.1. The number of fused-ring (bicyclic) bond motifs is 1. The molecule has 3 aromatic heterocycles. The van der Waals surface area contributed by atoms with Crippen LogP contribution >= 0.6 is 0 Å². The van der Waals surface area contributed by atoms with E-state index < -0.39 is 17.8 Å². The number of carbonyl (C=O) groups is 1. The number of halogens is 3. The van der Waals surface area contributed by atoms with Crippen LogP contribution in [-0.4, -0.2) is 41.1 Å². The van der Waals surface area contributed by atoms with Crippen LogP contribution in [0.4, 0.5) is 35.2 Å². The van der Waals surface area contributed by atoms with Gasteiger partial charge in [0.15, 0.2) is 5.82 Å². The molecule has 4 rings (SSSR count). The number of alkyl halides is 3. The minimum atomic E-state index is -4.51. The number of anilines is 3. The Kier molecular flexibility index (Phi) is 5.45. The van der Waals surface area contributed by atoms with Gasteiger partial charge in [0.25, 0.3) is 0 Å². The summed E-state index contributed by atoms with van der Waals surface area (Å²) in [4.78, 5) is 28.7. The molecule has 0 saturated heterocycles. The van der Waals surface area contributed by atoms with Crippen molar-refractivity contribution in [3.63, 3.8) is 0 Å². The third-order valence-electron chi connectivity index (χ3n) is 4.92. The maximum Gasteiger partial charge on any atom is 0.417 e. The molecule has 4 heterocycles. The number of rotatable bonds is 2. The molecule has 1 N–H and O–H groups in total. The molecule has 10 heteroatoms. The molecule has 0 aromatic carbocycles. The number of hydrogen-bond donors (Lipinski definition) is 1. The number of hydrogen-bond acceptors (Lipinski definition) is 5. The van der Waals surface area contributed by atoms with E-state index in [1.807, 2.05) is 11.9 Å². The lowest BCUT2D eigenvalue weighted by molar-refractivity contribution is -0.137. The molecular formula is C21H19F3N6O. The highest BCUT2D eigenvalue weighted by Crippen LogP contribution is 2.35. The van der Waals surface area contributed by atoms with Crippen molar-refractivity contribution in [3.8, 4) is 11.3 Å². The van der Waals surface area contributed by atoms with Gasteiger partial charge >= 0.3 is 12.2 Å². The zero-order chi connectivity index (χ0) is 22.0. The van der Waals surface area contributed by atoms with Crippen LogP contribution in [0.5, 0.6) is 0 Å². The molecule has 2 amide bonds. The zero-order valence-electron chi connectivity index (χ0n) is 16.6. The summed E-state index contributed by atoms with van der Waals surface area (Å²) < 4.78 is 39.3. The van der Waals surface area contributed by atoms with Gasteiger partial charge in [-0.3, -0.25) is 14.9 Å². The second kappa shape index (κ2) is 8.21. The topological polar surface area (TPSA) is 74.2 Å². The lowest BCUT2D eigenvalue weighted by Crippen LogP contribution is -2.36. The molecule has 1 aliphatic heterocycles. The van der Waals surface area contributed by atoms with Crippen molar-refractivity contribution in [2.24, 2.45) is 0 Å². The second-order valence-electron chi connectivity index (χ2n) is 7.10. The van der Waals surface area contributed by atoms with Gasteiger partial charge in [0.1, 0.15) is 0 Å². The van der Waals surface area contributed by atoms with E-state index in [9.17, 15) is 18.0 Å². The molecule has 0 unspecified atom stereocenters. The minimum absolute atomic E-state index is 0.220. The minimum Gasteiger partial charge on any atom is -0.372 e. The normalized spacial score (nSPS) is 14.1. The maximum atomic E-state index is 13.1. The van der Waals surface area contributed by atoms with Crippen LogP contribution in [0, 0.1) is 0 Å². The van der Waals surface area contributed by atoms with Gasteiger partial charge < -0.3 is 10.2 Å². The van der Waals surface area contributed by atoms with Crippen molar-refractivity contribution in [2.75, 3.05) is 35.3 Å². The fourth-order valence-corrected chi connectivity index (χ4v) is 3.35. The zero-order valence-corrected chi connectivity index (χ0v) is 16.6. The van der Waals surface area contributed by atoms with Crippen molar-refractivity contribution in [1.82, 2.24) is 15.0 Å². The highest BCUT2D eigenvalue weighted by Gasteiger charge is 2.31. The van der Waals surface area contributed by atoms with E-state index in [4.69, 9.17) is 0 Å². The molecule has 0 fully saturated rings. The van der Waals surface area contributed by atoms with E-state index in [-0.39, 0.29) is 5.56 Å². The first kappa shape index (κ1) is 20.6. The van der Waals surface area contributed by atoms with E-state index in [0.717, 1.165) is 12.3 Å². The van der Waals surface area contributed by atoms with E-state index in [0.29, 0.717) is 42.4 Å². The van der Waals surface area contributed by atoms with Crippen LogP contribution in [0.2, 0.25) is 0 Å². The van der Waals surface area contributed by atoms with Gasteiger partial charge in [0.05, 0.1) is 28.8 Å². The molecule has 0 radical (unpaired) electrons. The second-order valence-corrected chi connectivity index (χ2v) is 7.10. The average Bonchev–Trinajstić information content (AvgIpc) is 2.92. The highest BCUT2D eigenvalue weighted by molar-refractivity contribution is 6.03. The Hall–Kier alpha value is -3.69. The van der Waals surface area contributed by atoms with Gasteiger partial charge in [0, 0.05) is 44.3 Å². The molecule has 31 heavy (non-hydrogen) atoms. The Balaban J connectivity index is 1.73. The lowest BCUT2D eigenvalue weighted by Gasteiger charge is -2.24. The van der Waals surface area contributed by atoms with Crippen LogP contribution in [-0.2, 0) is 6.18 Å². The van der Waals surface area contributed by atoms with Gasteiger partial charge in [-0.15, -0.1) is 0 Å². The SMILES string of the molecule is CN1CCCN(C(=O)Nc2cccnc2)c2nc(-c3cncc(C(F)(F)F)c3)ccc21. The van der Waals surface area contributed by atoms with Gasteiger partial charge in [-0.1, -0.05) is 0 Å². The predicted octanol–water partition coefficient (Wildman–Crippen LogP) is 4.44. The first-order valence-corrected chi connectivity index (χ1v) is 9.56. The number of aromatic nitrogens is 3. The van der Waals surface area contributed by atoms with Crippen molar-refractivity contribution in [2.45, 2.75) is 12.6 Å². The average molecular weight is 428 g/mol. The molecule has 3 aromatic rings. The van der Waals surface area contributed by atoms with Crippen LogP contribution < -0.4 is 15.1 Å². The Bertz CT molecular complexity index is 1090. The molecule has 160 valence electrons. The van der Waals surface area contributed by atoms with Crippen molar-refractivity contribution < 1.29 is 18.0 Å². The van der Waals surface area contributed by atoms with Crippen LogP contribution in [0.15, 0.2) is 55.1 Å². The van der Waals surface area contributed by atoms with Gasteiger partial charge in [-0.2, -0.15) is 13.2 Å². The van der Waals surface area contributed by atoms with Gasteiger partial charge in [-0.05, 0) is 36.8 Å². The number of carbonyl (C=O) groups excluding carboxylic acids is 1. The molecular weight excluding hydrogens is 409 g/mol. The summed E-state index contributed by atoms with van der Waals surface area (Å²) in [6.45, 7) is 1.11. The van der Waals surface area contributed by atoms with Crippen LogP contribution in [0.25, 0.3) is 11.3 Å². The fraction of sp³-hybridized carbons (Fsp3) is 0.238.